The molecule has 0 saturated heterocycles. The largest absolute Gasteiger partial charge is 0.462 e. The van der Waals surface area contributed by atoms with Crippen LogP contribution in [0.1, 0.15) is 245 Å². The molecule has 0 fully saturated rings. The molecule has 0 amide bonds. The van der Waals surface area contributed by atoms with Crippen LogP contribution in [0.2, 0.25) is 0 Å². The Morgan fingerprint density at radius 3 is 1.13 bits per heavy atom. The highest BCUT2D eigenvalue weighted by Gasteiger charge is 2.19. The van der Waals surface area contributed by atoms with Crippen molar-refractivity contribution in [2.75, 3.05) is 13.2 Å². The van der Waals surface area contributed by atoms with Crippen LogP contribution < -0.4 is 0 Å². The van der Waals surface area contributed by atoms with Crippen molar-refractivity contribution in [2.45, 2.75) is 252 Å². The maximum Gasteiger partial charge on any atom is 0.306 e. The lowest BCUT2D eigenvalue weighted by Crippen LogP contribution is -2.30. The second-order valence-corrected chi connectivity index (χ2v) is 17.2. The summed E-state index contributed by atoms with van der Waals surface area (Å²) in [5, 5.41) is 0. The van der Waals surface area contributed by atoms with Crippen molar-refractivity contribution < 1.29 is 28.6 Å². The molecule has 62 heavy (non-hydrogen) atoms. The van der Waals surface area contributed by atoms with E-state index in [1.807, 2.05) is 6.08 Å². The number of rotatable bonds is 46. The van der Waals surface area contributed by atoms with E-state index in [9.17, 15) is 14.4 Å². The van der Waals surface area contributed by atoms with E-state index in [2.05, 4.69) is 87.6 Å². The van der Waals surface area contributed by atoms with Crippen LogP contribution in [0.3, 0.4) is 0 Å². The minimum Gasteiger partial charge on any atom is -0.462 e. The number of esters is 3. The first-order valence-corrected chi connectivity index (χ1v) is 26.0. The third-order valence-electron chi connectivity index (χ3n) is 11.0. The van der Waals surface area contributed by atoms with Gasteiger partial charge in [0, 0.05) is 19.3 Å². The molecule has 0 saturated carbocycles. The van der Waals surface area contributed by atoms with Gasteiger partial charge < -0.3 is 14.2 Å². The van der Waals surface area contributed by atoms with Crippen LogP contribution in [0, 0.1) is 0 Å². The zero-order valence-corrected chi connectivity index (χ0v) is 40.6. The maximum absolute atomic E-state index is 12.7. The molecule has 0 aromatic carbocycles. The highest BCUT2D eigenvalue weighted by molar-refractivity contribution is 5.71. The van der Waals surface area contributed by atoms with Gasteiger partial charge >= 0.3 is 17.9 Å². The molecular weight excluding hydrogens is 769 g/mol. The first kappa shape index (κ1) is 58.9. The van der Waals surface area contributed by atoms with Crippen LogP contribution in [0.4, 0.5) is 0 Å². The molecule has 0 aliphatic carbocycles. The van der Waals surface area contributed by atoms with E-state index in [4.69, 9.17) is 14.2 Å². The monoisotopic (exact) mass is 865 g/mol. The predicted molar refractivity (Wildman–Crippen MR) is 265 cm³/mol. The van der Waals surface area contributed by atoms with Gasteiger partial charge in [-0.05, 0) is 64.2 Å². The number of hydrogen-bond donors (Lipinski definition) is 0. The lowest BCUT2D eigenvalue weighted by Gasteiger charge is -2.18. The van der Waals surface area contributed by atoms with Crippen molar-refractivity contribution in [3.63, 3.8) is 0 Å². The van der Waals surface area contributed by atoms with Crippen LogP contribution in [0.5, 0.6) is 0 Å². The SMILES string of the molecule is CCCCC/C=C/C=C/C=C/C=C/CCCCCCCC(=O)OCC(COC(=O)CCCCCCCCCCCCCCC)OC(=O)CC/C=C/C/C=C/CCCCCCCC. The molecule has 356 valence electrons. The molecule has 0 heterocycles. The van der Waals surface area contributed by atoms with Gasteiger partial charge in [-0.3, -0.25) is 14.4 Å². The van der Waals surface area contributed by atoms with Gasteiger partial charge in [-0.15, -0.1) is 0 Å². The summed E-state index contributed by atoms with van der Waals surface area (Å²) in [6.07, 6.45) is 63.2. The maximum atomic E-state index is 12.7. The third-order valence-corrected chi connectivity index (χ3v) is 11.0. The van der Waals surface area contributed by atoms with Gasteiger partial charge in [-0.25, -0.2) is 0 Å². The zero-order chi connectivity index (χ0) is 45.1. The number of hydrogen-bond acceptors (Lipinski definition) is 6. The minimum atomic E-state index is -0.813. The van der Waals surface area contributed by atoms with E-state index >= 15 is 0 Å². The fourth-order valence-electron chi connectivity index (χ4n) is 7.09. The second kappa shape index (κ2) is 50.5. The molecule has 0 aliphatic rings. The van der Waals surface area contributed by atoms with Crippen LogP contribution in [0.15, 0.2) is 72.9 Å². The zero-order valence-electron chi connectivity index (χ0n) is 40.6. The molecule has 0 aliphatic heterocycles. The molecule has 0 aromatic rings. The lowest BCUT2D eigenvalue weighted by molar-refractivity contribution is -0.166. The van der Waals surface area contributed by atoms with E-state index < -0.39 is 6.10 Å². The summed E-state index contributed by atoms with van der Waals surface area (Å²) < 4.78 is 16.7. The Kier molecular flexibility index (Phi) is 47.9. The highest BCUT2D eigenvalue weighted by atomic mass is 16.6. The van der Waals surface area contributed by atoms with Gasteiger partial charge in [0.2, 0.25) is 0 Å². The van der Waals surface area contributed by atoms with Crippen molar-refractivity contribution in [1.29, 1.82) is 0 Å². The molecule has 0 aromatic heterocycles. The summed E-state index contributed by atoms with van der Waals surface area (Å²) >= 11 is 0. The van der Waals surface area contributed by atoms with Gasteiger partial charge in [0.05, 0.1) is 0 Å². The molecule has 0 rings (SSSR count). The highest BCUT2D eigenvalue weighted by Crippen LogP contribution is 2.14. The lowest BCUT2D eigenvalue weighted by atomic mass is 10.0. The Bertz CT molecular complexity index is 1180. The number of carbonyl (C=O) groups is 3. The van der Waals surface area contributed by atoms with Gasteiger partial charge in [0.15, 0.2) is 6.10 Å². The Morgan fingerprint density at radius 2 is 0.677 bits per heavy atom. The van der Waals surface area contributed by atoms with Crippen molar-refractivity contribution in [2.24, 2.45) is 0 Å². The molecule has 6 nitrogen and oxygen atoms in total. The summed E-state index contributed by atoms with van der Waals surface area (Å²) in [6.45, 7) is 6.52. The fraction of sp³-hybridized carbons (Fsp3) is 0.732. The first-order chi connectivity index (χ1) is 30.5. The molecule has 0 N–H and O–H groups in total. The smallest absolute Gasteiger partial charge is 0.306 e. The number of ether oxygens (including phenoxy) is 3. The number of allylic oxidation sites excluding steroid dienone is 12. The molecule has 1 unspecified atom stereocenters. The van der Waals surface area contributed by atoms with E-state index in [1.54, 1.807) is 0 Å². The van der Waals surface area contributed by atoms with Crippen LogP contribution in [-0.4, -0.2) is 37.2 Å². The van der Waals surface area contributed by atoms with E-state index in [0.717, 1.165) is 77.0 Å². The summed E-state index contributed by atoms with van der Waals surface area (Å²) in [5.74, 6) is -0.994. The standard InChI is InChI=1S/C56H96O6/c1-4-7-10-13-16-19-22-25-26-27-28-29-32-34-37-40-43-46-49-55(58)61-52-53(62-56(59)50-47-44-41-38-35-31-24-21-18-15-12-9-6-3)51-60-54(57)48-45-42-39-36-33-30-23-20-17-14-11-8-5-2/h16,19,22,25-29,31,35,41,44,53H,4-15,17-18,20-21,23-24,30,32-34,36-40,42-43,45-52H2,1-3H3/b19-16+,25-22+,27-26+,29-28+,35-31+,44-41+. The second-order valence-electron chi connectivity index (χ2n) is 17.2. The molecule has 1 atom stereocenters. The first-order valence-electron chi connectivity index (χ1n) is 26.0. The number of unbranched alkanes of at least 4 members (excludes halogenated alkanes) is 26. The molecular formula is C56H96O6. The predicted octanol–water partition coefficient (Wildman–Crippen LogP) is 17.0. The topological polar surface area (TPSA) is 78.9 Å². The van der Waals surface area contributed by atoms with Gasteiger partial charge in [0.1, 0.15) is 13.2 Å². The van der Waals surface area contributed by atoms with Gasteiger partial charge in [-0.2, -0.15) is 0 Å². The Labute approximate surface area is 382 Å². The van der Waals surface area contributed by atoms with Crippen molar-refractivity contribution in [3.05, 3.63) is 72.9 Å². The average molecular weight is 865 g/mol. The van der Waals surface area contributed by atoms with E-state index in [1.165, 1.54) is 122 Å². The van der Waals surface area contributed by atoms with Crippen molar-refractivity contribution in [1.82, 2.24) is 0 Å². The summed E-state index contributed by atoms with van der Waals surface area (Å²) in [7, 11) is 0. The van der Waals surface area contributed by atoms with Gasteiger partial charge in [0.25, 0.3) is 0 Å². The van der Waals surface area contributed by atoms with Crippen LogP contribution >= 0.6 is 0 Å². The van der Waals surface area contributed by atoms with Crippen LogP contribution in [0.25, 0.3) is 0 Å². The molecule has 0 bridgehead atoms. The summed E-state index contributed by atoms with van der Waals surface area (Å²) in [5.41, 5.74) is 0. The normalized spacial score (nSPS) is 12.6. The Balaban J connectivity index is 4.47. The minimum absolute atomic E-state index is 0.104. The Morgan fingerprint density at radius 1 is 0.339 bits per heavy atom. The quantitative estimate of drug-likeness (QED) is 0.0199. The molecule has 0 spiro atoms. The summed E-state index contributed by atoms with van der Waals surface area (Å²) in [4.78, 5) is 37.9. The van der Waals surface area contributed by atoms with E-state index in [0.29, 0.717) is 19.3 Å². The van der Waals surface area contributed by atoms with Crippen molar-refractivity contribution >= 4 is 17.9 Å². The molecule has 6 heteroatoms. The van der Waals surface area contributed by atoms with Crippen LogP contribution in [-0.2, 0) is 28.6 Å². The third kappa shape index (κ3) is 47.9. The van der Waals surface area contributed by atoms with Crippen molar-refractivity contribution in [3.8, 4) is 0 Å². The average Bonchev–Trinajstić information content (AvgIpc) is 3.27. The van der Waals surface area contributed by atoms with E-state index in [-0.39, 0.29) is 37.5 Å². The number of carbonyl (C=O) groups excluding carboxylic acids is 3. The van der Waals surface area contributed by atoms with Gasteiger partial charge in [-0.1, -0.05) is 235 Å². The fourth-order valence-corrected chi connectivity index (χ4v) is 7.09. The molecule has 0 radical (unpaired) electrons. The summed E-state index contributed by atoms with van der Waals surface area (Å²) in [6, 6.07) is 0. The Hall–Kier alpha value is -3.15.